The van der Waals surface area contributed by atoms with E-state index in [4.69, 9.17) is 9.84 Å². The Balaban J connectivity index is 1.99. The standard InChI is InChI=1S/C14H14N2O3/c1-19-13-5-4-10(6-11(13)14(17)18)16-7-12(15-8-16)9-2-3-9/h4-9H,2-3H2,1H3,(H,17,18). The van der Waals surface area contributed by atoms with Gasteiger partial charge >= 0.3 is 5.97 Å². The number of aromatic nitrogens is 2. The van der Waals surface area contributed by atoms with Gasteiger partial charge in [-0.05, 0) is 31.0 Å². The molecular formula is C14H14N2O3. The molecule has 0 unspecified atom stereocenters. The van der Waals surface area contributed by atoms with Crippen LogP contribution in [0.5, 0.6) is 5.75 Å². The molecule has 0 saturated heterocycles. The van der Waals surface area contributed by atoms with Crippen molar-refractivity contribution in [1.29, 1.82) is 0 Å². The number of hydrogen-bond donors (Lipinski definition) is 1. The minimum Gasteiger partial charge on any atom is -0.496 e. The lowest BCUT2D eigenvalue weighted by Gasteiger charge is -2.08. The summed E-state index contributed by atoms with van der Waals surface area (Å²) in [6.07, 6.45) is 6.08. The van der Waals surface area contributed by atoms with Gasteiger partial charge in [-0.3, -0.25) is 0 Å². The van der Waals surface area contributed by atoms with E-state index in [0.717, 1.165) is 11.4 Å². The number of carboxylic acids is 1. The molecule has 5 nitrogen and oxygen atoms in total. The minimum absolute atomic E-state index is 0.154. The molecule has 1 N–H and O–H groups in total. The van der Waals surface area contributed by atoms with Crippen LogP contribution in [0.1, 0.15) is 34.8 Å². The predicted octanol–water partition coefficient (Wildman–Crippen LogP) is 2.46. The number of ether oxygens (including phenoxy) is 1. The van der Waals surface area contributed by atoms with Crippen LogP contribution < -0.4 is 4.74 Å². The maximum atomic E-state index is 11.2. The van der Waals surface area contributed by atoms with Crippen LogP contribution in [0.2, 0.25) is 0 Å². The first-order chi connectivity index (χ1) is 9.19. The van der Waals surface area contributed by atoms with Crippen molar-refractivity contribution in [3.8, 4) is 11.4 Å². The molecule has 1 fully saturated rings. The third-order valence-electron chi connectivity index (χ3n) is 3.31. The van der Waals surface area contributed by atoms with Crippen molar-refractivity contribution in [3.63, 3.8) is 0 Å². The maximum Gasteiger partial charge on any atom is 0.339 e. The van der Waals surface area contributed by atoms with E-state index in [1.165, 1.54) is 20.0 Å². The molecule has 2 aromatic rings. The number of carboxylic acid groups (broad SMARTS) is 1. The van der Waals surface area contributed by atoms with E-state index < -0.39 is 5.97 Å². The van der Waals surface area contributed by atoms with E-state index >= 15 is 0 Å². The van der Waals surface area contributed by atoms with Gasteiger partial charge in [-0.15, -0.1) is 0 Å². The van der Waals surface area contributed by atoms with E-state index in [0.29, 0.717) is 11.7 Å². The van der Waals surface area contributed by atoms with E-state index in [9.17, 15) is 4.79 Å². The molecule has 0 amide bonds. The van der Waals surface area contributed by atoms with Gasteiger partial charge in [-0.2, -0.15) is 0 Å². The van der Waals surface area contributed by atoms with Crippen LogP contribution in [0.4, 0.5) is 0 Å². The van der Waals surface area contributed by atoms with E-state index in [-0.39, 0.29) is 5.56 Å². The Morgan fingerprint density at radius 3 is 2.89 bits per heavy atom. The van der Waals surface area contributed by atoms with Crippen LogP contribution in [0.3, 0.4) is 0 Å². The Kier molecular flexibility index (Phi) is 2.74. The summed E-state index contributed by atoms with van der Waals surface area (Å²) < 4.78 is 6.89. The SMILES string of the molecule is COc1ccc(-n2cnc(C3CC3)c2)cc1C(=O)O. The lowest BCUT2D eigenvalue weighted by atomic mass is 10.1. The molecule has 1 aromatic heterocycles. The zero-order valence-corrected chi connectivity index (χ0v) is 10.5. The van der Waals surface area contributed by atoms with Crippen molar-refractivity contribution in [2.75, 3.05) is 7.11 Å². The Hall–Kier alpha value is -2.30. The highest BCUT2D eigenvalue weighted by Gasteiger charge is 2.25. The molecule has 0 aliphatic heterocycles. The number of methoxy groups -OCH3 is 1. The van der Waals surface area contributed by atoms with Crippen LogP contribution in [-0.4, -0.2) is 27.7 Å². The van der Waals surface area contributed by atoms with Gasteiger partial charge in [-0.1, -0.05) is 0 Å². The van der Waals surface area contributed by atoms with E-state index in [1.807, 2.05) is 16.8 Å². The van der Waals surface area contributed by atoms with Crippen molar-refractivity contribution in [2.45, 2.75) is 18.8 Å². The quantitative estimate of drug-likeness (QED) is 0.914. The smallest absolute Gasteiger partial charge is 0.339 e. The van der Waals surface area contributed by atoms with Gasteiger partial charge in [0, 0.05) is 17.8 Å². The van der Waals surface area contributed by atoms with Gasteiger partial charge in [0.1, 0.15) is 11.3 Å². The molecule has 1 aliphatic rings. The topological polar surface area (TPSA) is 64.4 Å². The second kappa shape index (κ2) is 4.42. The van der Waals surface area contributed by atoms with Gasteiger partial charge in [0.2, 0.25) is 0 Å². The summed E-state index contributed by atoms with van der Waals surface area (Å²) in [6, 6.07) is 5.08. The van der Waals surface area contributed by atoms with Gasteiger partial charge in [0.15, 0.2) is 0 Å². The van der Waals surface area contributed by atoms with Gasteiger partial charge in [-0.25, -0.2) is 9.78 Å². The molecule has 0 spiro atoms. The van der Waals surface area contributed by atoms with Gasteiger partial charge in [0.05, 0.1) is 19.1 Å². The van der Waals surface area contributed by atoms with Crippen molar-refractivity contribution >= 4 is 5.97 Å². The number of nitrogens with zero attached hydrogens (tertiary/aromatic N) is 2. The molecule has 3 rings (SSSR count). The maximum absolute atomic E-state index is 11.2. The molecule has 1 aliphatic carbocycles. The number of rotatable bonds is 4. The minimum atomic E-state index is -0.999. The summed E-state index contributed by atoms with van der Waals surface area (Å²) in [7, 11) is 1.46. The summed E-state index contributed by atoms with van der Waals surface area (Å²) in [5.74, 6) is -0.0570. The highest BCUT2D eigenvalue weighted by atomic mass is 16.5. The van der Waals surface area contributed by atoms with E-state index in [2.05, 4.69) is 4.98 Å². The molecule has 5 heteroatoms. The summed E-state index contributed by atoms with van der Waals surface area (Å²) in [6.45, 7) is 0. The first-order valence-electron chi connectivity index (χ1n) is 6.14. The second-order valence-electron chi connectivity index (χ2n) is 4.67. The highest BCUT2D eigenvalue weighted by Crippen LogP contribution is 2.39. The monoisotopic (exact) mass is 258 g/mol. The molecule has 1 aromatic carbocycles. The first-order valence-corrected chi connectivity index (χ1v) is 6.14. The summed E-state index contributed by atoms with van der Waals surface area (Å²) in [4.78, 5) is 15.5. The molecule has 19 heavy (non-hydrogen) atoms. The number of aromatic carboxylic acids is 1. The molecule has 1 saturated carbocycles. The third kappa shape index (κ3) is 2.19. The Bertz CT molecular complexity index is 629. The average molecular weight is 258 g/mol. The molecule has 0 bridgehead atoms. The van der Waals surface area contributed by atoms with Crippen molar-refractivity contribution in [2.24, 2.45) is 0 Å². The van der Waals surface area contributed by atoms with Crippen molar-refractivity contribution in [3.05, 3.63) is 42.0 Å². The van der Waals surface area contributed by atoms with Crippen LogP contribution in [0, 0.1) is 0 Å². The lowest BCUT2D eigenvalue weighted by molar-refractivity contribution is 0.0693. The van der Waals surface area contributed by atoms with Crippen LogP contribution in [-0.2, 0) is 0 Å². The summed E-state index contributed by atoms with van der Waals surface area (Å²) in [5.41, 5.74) is 2.01. The van der Waals surface area contributed by atoms with Crippen LogP contribution >= 0.6 is 0 Å². The zero-order chi connectivity index (χ0) is 13.4. The predicted molar refractivity (Wildman–Crippen MR) is 69.1 cm³/mol. The Labute approximate surface area is 110 Å². The van der Waals surface area contributed by atoms with Gasteiger partial charge in [0.25, 0.3) is 0 Å². The fourth-order valence-corrected chi connectivity index (χ4v) is 2.09. The third-order valence-corrected chi connectivity index (χ3v) is 3.31. The molecule has 98 valence electrons. The van der Waals surface area contributed by atoms with Crippen LogP contribution in [0.15, 0.2) is 30.7 Å². The van der Waals surface area contributed by atoms with E-state index in [1.54, 1.807) is 18.5 Å². The molecule has 0 atom stereocenters. The lowest BCUT2D eigenvalue weighted by Crippen LogP contribution is -2.02. The van der Waals surface area contributed by atoms with Gasteiger partial charge < -0.3 is 14.4 Å². The highest BCUT2D eigenvalue weighted by molar-refractivity contribution is 5.91. The Morgan fingerprint density at radius 2 is 2.26 bits per heavy atom. The molecular weight excluding hydrogens is 244 g/mol. The number of imidazole rings is 1. The first kappa shape index (κ1) is 11.8. The number of hydrogen-bond acceptors (Lipinski definition) is 3. The fraction of sp³-hybridized carbons (Fsp3) is 0.286. The Morgan fingerprint density at radius 1 is 1.47 bits per heavy atom. The largest absolute Gasteiger partial charge is 0.496 e. The molecule has 0 radical (unpaired) electrons. The zero-order valence-electron chi connectivity index (χ0n) is 10.5. The van der Waals surface area contributed by atoms with Crippen LogP contribution in [0.25, 0.3) is 5.69 Å². The average Bonchev–Trinajstić information content (AvgIpc) is 3.16. The van der Waals surface area contributed by atoms with Crippen molar-refractivity contribution < 1.29 is 14.6 Å². The summed E-state index contributed by atoms with van der Waals surface area (Å²) >= 11 is 0. The number of carbonyl (C=O) groups is 1. The molecule has 1 heterocycles. The normalized spacial score (nSPS) is 14.4. The number of benzene rings is 1. The summed E-state index contributed by atoms with van der Waals surface area (Å²) in [5, 5.41) is 9.17. The fourth-order valence-electron chi connectivity index (χ4n) is 2.09. The second-order valence-corrected chi connectivity index (χ2v) is 4.67. The van der Waals surface area contributed by atoms with Crippen molar-refractivity contribution in [1.82, 2.24) is 9.55 Å².